The first-order chi connectivity index (χ1) is 12.4. The maximum atomic E-state index is 13.1. The number of halogens is 1. The summed E-state index contributed by atoms with van der Waals surface area (Å²) >= 11 is 0. The fourth-order valence-corrected chi connectivity index (χ4v) is 3.18. The topological polar surface area (TPSA) is 60.3 Å². The van der Waals surface area contributed by atoms with Gasteiger partial charge in [-0.2, -0.15) is 0 Å². The van der Waals surface area contributed by atoms with Crippen LogP contribution in [0.5, 0.6) is 0 Å². The number of esters is 1. The number of aryl methyl sites for hydroxylation is 1. The molecule has 1 heterocycles. The number of carbonyl (C=O) groups excluding carboxylic acids is 2. The van der Waals surface area contributed by atoms with E-state index in [4.69, 9.17) is 4.74 Å². The molecule has 0 saturated heterocycles. The van der Waals surface area contributed by atoms with Crippen LogP contribution in [0, 0.1) is 25.6 Å². The number of rotatable bonds is 6. The first-order valence-corrected chi connectivity index (χ1v) is 8.78. The Morgan fingerprint density at radius 3 is 2.54 bits per heavy atom. The van der Waals surface area contributed by atoms with Crippen molar-refractivity contribution < 1.29 is 18.7 Å². The Kier molecular flexibility index (Phi) is 5.11. The number of aromatic nitrogens is 1. The summed E-state index contributed by atoms with van der Waals surface area (Å²) in [6.45, 7) is 5.32. The lowest BCUT2D eigenvalue weighted by atomic mass is 10.2. The highest BCUT2D eigenvalue weighted by molar-refractivity contribution is 5.93. The number of carbonyl (C=O) groups is 2. The summed E-state index contributed by atoms with van der Waals surface area (Å²) < 4.78 is 20.2. The van der Waals surface area contributed by atoms with E-state index < -0.39 is 5.97 Å². The molecule has 0 radical (unpaired) electrons. The van der Waals surface area contributed by atoms with Crippen LogP contribution in [-0.2, 0) is 9.53 Å². The molecule has 1 aromatic heterocycles. The Morgan fingerprint density at radius 1 is 1.27 bits per heavy atom. The minimum atomic E-state index is -0.541. The average molecular weight is 358 g/mol. The van der Waals surface area contributed by atoms with E-state index in [2.05, 4.69) is 5.32 Å². The highest BCUT2D eigenvalue weighted by Crippen LogP contribution is 2.32. The number of nitrogens with one attached hydrogen (secondary N) is 1. The van der Waals surface area contributed by atoms with E-state index in [-0.39, 0.29) is 24.4 Å². The highest BCUT2D eigenvalue weighted by Gasteiger charge is 2.29. The minimum absolute atomic E-state index is 0.116. The van der Waals surface area contributed by atoms with Crippen LogP contribution >= 0.6 is 0 Å². The standard InChI is InChI=1S/C20H23FN2O3/c1-12-10-18(14(3)23(12)17-8-6-16(21)7-9-17)20(25)26-11-19(24)22-13(2)15-4-5-15/h6-10,13,15H,4-5,11H2,1-3H3,(H,22,24)/t13-/m1/s1. The molecule has 1 N–H and O–H groups in total. The van der Waals surface area contributed by atoms with Crippen LogP contribution in [0.15, 0.2) is 30.3 Å². The second kappa shape index (κ2) is 7.32. The summed E-state index contributed by atoms with van der Waals surface area (Å²) in [6.07, 6.45) is 2.27. The molecule has 0 spiro atoms. The molecule has 1 fully saturated rings. The molecule has 26 heavy (non-hydrogen) atoms. The summed E-state index contributed by atoms with van der Waals surface area (Å²) in [7, 11) is 0. The third-order valence-electron chi connectivity index (χ3n) is 4.79. The molecule has 138 valence electrons. The van der Waals surface area contributed by atoms with Crippen molar-refractivity contribution in [2.24, 2.45) is 5.92 Å². The molecular formula is C20H23FN2O3. The van der Waals surface area contributed by atoms with Gasteiger partial charge in [0.1, 0.15) is 5.82 Å². The molecule has 1 saturated carbocycles. The van der Waals surface area contributed by atoms with Gasteiger partial charge in [0.15, 0.2) is 6.61 Å². The first kappa shape index (κ1) is 18.2. The predicted molar refractivity (Wildman–Crippen MR) is 95.8 cm³/mol. The molecular weight excluding hydrogens is 335 g/mol. The van der Waals surface area contributed by atoms with Gasteiger partial charge >= 0.3 is 5.97 Å². The third-order valence-corrected chi connectivity index (χ3v) is 4.79. The molecule has 0 unspecified atom stereocenters. The summed E-state index contributed by atoms with van der Waals surface area (Å²) in [5.41, 5.74) is 2.67. The van der Waals surface area contributed by atoms with Crippen molar-refractivity contribution in [1.29, 1.82) is 0 Å². The van der Waals surface area contributed by atoms with E-state index in [9.17, 15) is 14.0 Å². The molecule has 1 aliphatic rings. The number of benzene rings is 1. The van der Waals surface area contributed by atoms with Crippen LogP contribution in [0.25, 0.3) is 5.69 Å². The monoisotopic (exact) mass is 358 g/mol. The van der Waals surface area contributed by atoms with E-state index >= 15 is 0 Å². The van der Waals surface area contributed by atoms with Crippen molar-refractivity contribution in [2.45, 2.75) is 39.7 Å². The minimum Gasteiger partial charge on any atom is -0.452 e. The Morgan fingerprint density at radius 2 is 1.92 bits per heavy atom. The Bertz CT molecular complexity index is 822. The van der Waals surface area contributed by atoms with Crippen molar-refractivity contribution in [3.8, 4) is 5.69 Å². The molecule has 1 amide bonds. The smallest absolute Gasteiger partial charge is 0.340 e. The quantitative estimate of drug-likeness (QED) is 0.806. The fourth-order valence-electron chi connectivity index (χ4n) is 3.18. The van der Waals surface area contributed by atoms with Crippen LogP contribution in [0.2, 0.25) is 0 Å². The van der Waals surface area contributed by atoms with Gasteiger partial charge in [0.2, 0.25) is 0 Å². The summed E-state index contributed by atoms with van der Waals surface area (Å²) in [4.78, 5) is 24.3. The van der Waals surface area contributed by atoms with Crippen LogP contribution in [-0.4, -0.2) is 29.1 Å². The fraction of sp³-hybridized carbons (Fsp3) is 0.400. The van der Waals surface area contributed by atoms with Crippen molar-refractivity contribution in [3.63, 3.8) is 0 Å². The van der Waals surface area contributed by atoms with Crippen molar-refractivity contribution >= 4 is 11.9 Å². The van der Waals surface area contributed by atoms with E-state index in [1.165, 1.54) is 12.1 Å². The number of nitrogens with zero attached hydrogens (tertiary/aromatic N) is 1. The van der Waals surface area contributed by atoms with Gasteiger partial charge in [-0.15, -0.1) is 0 Å². The van der Waals surface area contributed by atoms with Gasteiger partial charge < -0.3 is 14.6 Å². The summed E-state index contributed by atoms with van der Waals surface area (Å²) in [5, 5.41) is 2.85. The number of hydrogen-bond acceptors (Lipinski definition) is 3. The summed E-state index contributed by atoms with van der Waals surface area (Å²) in [5.74, 6) is -0.600. The third kappa shape index (κ3) is 3.95. The second-order valence-corrected chi connectivity index (χ2v) is 6.87. The maximum Gasteiger partial charge on any atom is 0.340 e. The van der Waals surface area contributed by atoms with Crippen LogP contribution in [0.1, 0.15) is 41.5 Å². The highest BCUT2D eigenvalue weighted by atomic mass is 19.1. The lowest BCUT2D eigenvalue weighted by Crippen LogP contribution is -2.37. The molecule has 3 rings (SSSR count). The van der Waals surface area contributed by atoms with Gasteiger partial charge in [-0.1, -0.05) is 0 Å². The number of ether oxygens (including phenoxy) is 1. The van der Waals surface area contributed by atoms with Gasteiger partial charge in [-0.25, -0.2) is 9.18 Å². The van der Waals surface area contributed by atoms with E-state index in [1.807, 2.05) is 18.4 Å². The van der Waals surface area contributed by atoms with Crippen LogP contribution in [0.4, 0.5) is 4.39 Å². The molecule has 0 aliphatic heterocycles. The van der Waals surface area contributed by atoms with Crippen molar-refractivity contribution in [2.75, 3.05) is 6.61 Å². The SMILES string of the molecule is Cc1cc(C(=O)OCC(=O)N[C@H](C)C2CC2)c(C)n1-c1ccc(F)cc1. The molecule has 1 aromatic carbocycles. The molecule has 6 heteroatoms. The van der Waals surface area contributed by atoms with Crippen LogP contribution < -0.4 is 5.32 Å². The second-order valence-electron chi connectivity index (χ2n) is 6.87. The van der Waals surface area contributed by atoms with Gasteiger partial charge in [0, 0.05) is 23.1 Å². The van der Waals surface area contributed by atoms with Gasteiger partial charge in [-0.05, 0) is 69.9 Å². The van der Waals surface area contributed by atoms with Gasteiger partial charge in [0.05, 0.1) is 5.56 Å². The van der Waals surface area contributed by atoms with Crippen molar-refractivity contribution in [1.82, 2.24) is 9.88 Å². The maximum absolute atomic E-state index is 13.1. The number of hydrogen-bond donors (Lipinski definition) is 1. The molecule has 2 aromatic rings. The lowest BCUT2D eigenvalue weighted by molar-refractivity contribution is -0.124. The molecule has 5 nitrogen and oxygen atoms in total. The zero-order chi connectivity index (χ0) is 18.8. The van der Waals surface area contributed by atoms with E-state index in [1.54, 1.807) is 25.1 Å². The Labute approximate surface area is 152 Å². The van der Waals surface area contributed by atoms with Gasteiger partial charge in [0.25, 0.3) is 5.91 Å². The first-order valence-electron chi connectivity index (χ1n) is 8.78. The van der Waals surface area contributed by atoms with E-state index in [0.29, 0.717) is 17.2 Å². The zero-order valence-electron chi connectivity index (χ0n) is 15.2. The molecule has 0 bridgehead atoms. The predicted octanol–water partition coefficient (Wildman–Crippen LogP) is 3.30. The average Bonchev–Trinajstić information content (AvgIpc) is 3.40. The van der Waals surface area contributed by atoms with Crippen molar-refractivity contribution in [3.05, 3.63) is 53.1 Å². The van der Waals surface area contributed by atoms with E-state index in [0.717, 1.165) is 24.2 Å². The van der Waals surface area contributed by atoms with Crippen LogP contribution in [0.3, 0.4) is 0 Å². The Balaban J connectivity index is 1.67. The molecule has 1 atom stereocenters. The summed E-state index contributed by atoms with van der Waals surface area (Å²) in [6, 6.07) is 7.87. The number of amides is 1. The molecule has 1 aliphatic carbocycles. The largest absolute Gasteiger partial charge is 0.452 e. The van der Waals surface area contributed by atoms with Gasteiger partial charge in [-0.3, -0.25) is 4.79 Å². The lowest BCUT2D eigenvalue weighted by Gasteiger charge is -2.13. The zero-order valence-corrected chi connectivity index (χ0v) is 15.2. The Hall–Kier alpha value is -2.63. The normalized spacial score (nSPS) is 14.8.